The average Bonchev–Trinajstić information content (AvgIpc) is 2.87. The second-order valence-electron chi connectivity index (χ2n) is 6.06. The summed E-state index contributed by atoms with van der Waals surface area (Å²) in [5.74, 6) is -0.825. The number of rotatable bonds is 6. The summed E-state index contributed by atoms with van der Waals surface area (Å²) in [4.78, 5) is 26.7. The number of benzene rings is 2. The van der Waals surface area contributed by atoms with E-state index < -0.39 is 17.4 Å². The average molecular weight is 372 g/mol. The Hall–Kier alpha value is -2.79. The quantitative estimate of drug-likeness (QED) is 0.783. The molecule has 1 aliphatic heterocycles. The molecule has 1 atom stereocenters. The molecule has 2 aromatic rings. The first-order valence-corrected chi connectivity index (χ1v) is 8.41. The van der Waals surface area contributed by atoms with Crippen LogP contribution >= 0.6 is 11.6 Å². The van der Waals surface area contributed by atoms with Gasteiger partial charge >= 0.3 is 5.97 Å². The highest BCUT2D eigenvalue weighted by Crippen LogP contribution is 2.45. The van der Waals surface area contributed by atoms with Gasteiger partial charge in [0.1, 0.15) is 5.75 Å². The lowest BCUT2D eigenvalue weighted by Gasteiger charge is -2.35. The number of carbonyl (C=O) groups is 2. The third-order valence-electron chi connectivity index (χ3n) is 4.67. The van der Waals surface area contributed by atoms with Gasteiger partial charge in [-0.05, 0) is 23.8 Å². The van der Waals surface area contributed by atoms with Crippen LogP contribution in [0.5, 0.6) is 5.75 Å². The number of halogens is 1. The van der Waals surface area contributed by atoms with Gasteiger partial charge in [0.05, 0.1) is 17.7 Å². The van der Waals surface area contributed by atoms with E-state index in [0.29, 0.717) is 11.3 Å². The Balaban J connectivity index is 2.12. The summed E-state index contributed by atoms with van der Waals surface area (Å²) in [6, 6.07) is 12.0. The van der Waals surface area contributed by atoms with Crippen molar-refractivity contribution in [1.29, 1.82) is 0 Å². The van der Waals surface area contributed by atoms with Crippen molar-refractivity contribution in [2.75, 3.05) is 7.11 Å². The number of fused-ring (bicyclic) bond motifs is 1. The number of amides is 1. The molecular weight excluding hydrogens is 354 g/mol. The first-order valence-electron chi connectivity index (χ1n) is 8.04. The Morgan fingerprint density at radius 1 is 1.31 bits per heavy atom. The lowest BCUT2D eigenvalue weighted by Crippen LogP contribution is -2.49. The summed E-state index contributed by atoms with van der Waals surface area (Å²) in [5, 5.41) is 10.3. The number of hydrogen-bond donors (Lipinski definition) is 1. The van der Waals surface area contributed by atoms with Crippen LogP contribution in [-0.2, 0) is 16.9 Å². The molecular formula is C20H18ClNO4. The Bertz CT molecular complexity index is 878. The van der Waals surface area contributed by atoms with Crippen LogP contribution in [0.2, 0.25) is 5.02 Å². The first kappa shape index (κ1) is 18.0. The van der Waals surface area contributed by atoms with Gasteiger partial charge in [0.25, 0.3) is 5.91 Å². The number of ether oxygens (including phenoxy) is 1. The smallest absolute Gasteiger partial charge is 0.334 e. The van der Waals surface area contributed by atoms with Crippen molar-refractivity contribution in [2.45, 2.75) is 18.5 Å². The van der Waals surface area contributed by atoms with Gasteiger partial charge in [0.2, 0.25) is 0 Å². The molecule has 5 nitrogen and oxygen atoms in total. The number of carboxylic acids is 1. The molecule has 1 heterocycles. The fourth-order valence-electron chi connectivity index (χ4n) is 3.41. The van der Waals surface area contributed by atoms with Crippen LogP contribution in [0.3, 0.4) is 0 Å². The predicted octanol–water partition coefficient (Wildman–Crippen LogP) is 3.86. The number of nitrogens with zero attached hydrogens (tertiary/aromatic N) is 1. The lowest BCUT2D eigenvalue weighted by molar-refractivity contribution is -0.150. The van der Waals surface area contributed by atoms with E-state index in [4.69, 9.17) is 16.3 Å². The van der Waals surface area contributed by atoms with Crippen molar-refractivity contribution in [2.24, 2.45) is 0 Å². The Labute approximate surface area is 156 Å². The van der Waals surface area contributed by atoms with Gasteiger partial charge in [0, 0.05) is 18.5 Å². The van der Waals surface area contributed by atoms with Crippen molar-refractivity contribution < 1.29 is 19.4 Å². The zero-order valence-corrected chi connectivity index (χ0v) is 15.0. The highest BCUT2D eigenvalue weighted by atomic mass is 35.5. The first-order chi connectivity index (χ1) is 12.5. The molecule has 1 unspecified atom stereocenters. The van der Waals surface area contributed by atoms with Gasteiger partial charge in [-0.1, -0.05) is 41.9 Å². The fourth-order valence-corrected chi connectivity index (χ4v) is 3.66. The van der Waals surface area contributed by atoms with E-state index in [2.05, 4.69) is 6.58 Å². The molecule has 0 aliphatic carbocycles. The van der Waals surface area contributed by atoms with Gasteiger partial charge < -0.3 is 14.7 Å². The van der Waals surface area contributed by atoms with Crippen LogP contribution in [0, 0.1) is 0 Å². The van der Waals surface area contributed by atoms with Crippen LogP contribution < -0.4 is 4.74 Å². The van der Waals surface area contributed by atoms with Crippen molar-refractivity contribution in [3.8, 4) is 5.75 Å². The van der Waals surface area contributed by atoms with E-state index in [-0.39, 0.29) is 23.6 Å². The van der Waals surface area contributed by atoms with Crippen molar-refractivity contribution in [3.05, 3.63) is 76.8 Å². The van der Waals surface area contributed by atoms with E-state index in [0.717, 1.165) is 5.56 Å². The van der Waals surface area contributed by atoms with E-state index in [1.54, 1.807) is 49.6 Å². The normalized spacial score (nSPS) is 18.5. The zero-order valence-electron chi connectivity index (χ0n) is 14.2. The summed E-state index contributed by atoms with van der Waals surface area (Å²) >= 11 is 6.22. The second kappa shape index (κ2) is 6.84. The van der Waals surface area contributed by atoms with E-state index in [1.807, 2.05) is 0 Å². The Morgan fingerprint density at radius 3 is 2.58 bits per heavy atom. The highest BCUT2D eigenvalue weighted by molar-refractivity contribution is 6.34. The molecule has 2 aromatic carbocycles. The van der Waals surface area contributed by atoms with Crippen LogP contribution in [-0.4, -0.2) is 29.0 Å². The van der Waals surface area contributed by atoms with Crippen LogP contribution in [0.15, 0.2) is 55.1 Å². The molecule has 0 saturated carbocycles. The molecule has 0 fully saturated rings. The zero-order chi connectivity index (χ0) is 18.9. The predicted molar refractivity (Wildman–Crippen MR) is 98.4 cm³/mol. The highest BCUT2D eigenvalue weighted by Gasteiger charge is 2.55. The summed E-state index contributed by atoms with van der Waals surface area (Å²) in [6.45, 7) is 3.82. The molecule has 0 bridgehead atoms. The Morgan fingerprint density at radius 2 is 2.00 bits per heavy atom. The monoisotopic (exact) mass is 371 g/mol. The molecule has 26 heavy (non-hydrogen) atoms. The SMILES string of the molecule is C=CCC1(C(=O)O)c2cccc(Cl)c2C(=O)N1Cc1ccc(OC)cc1. The topological polar surface area (TPSA) is 66.8 Å². The largest absolute Gasteiger partial charge is 0.497 e. The summed E-state index contributed by atoms with van der Waals surface area (Å²) < 4.78 is 5.14. The third kappa shape index (κ3) is 2.65. The number of carbonyl (C=O) groups excluding carboxylic acids is 1. The van der Waals surface area contributed by atoms with Gasteiger partial charge in [-0.2, -0.15) is 0 Å². The maximum atomic E-state index is 13.1. The molecule has 1 N–H and O–H groups in total. The number of carboxylic acid groups (broad SMARTS) is 1. The van der Waals surface area contributed by atoms with Crippen LogP contribution in [0.4, 0.5) is 0 Å². The molecule has 0 aromatic heterocycles. The van der Waals surface area contributed by atoms with Crippen LogP contribution in [0.1, 0.15) is 27.9 Å². The maximum Gasteiger partial charge on any atom is 0.334 e. The lowest BCUT2D eigenvalue weighted by atomic mass is 9.86. The van der Waals surface area contributed by atoms with E-state index >= 15 is 0 Å². The van der Waals surface area contributed by atoms with Crippen molar-refractivity contribution >= 4 is 23.5 Å². The summed E-state index contributed by atoms with van der Waals surface area (Å²) in [6.07, 6.45) is 1.59. The molecule has 6 heteroatoms. The van der Waals surface area contributed by atoms with E-state index in [9.17, 15) is 14.7 Å². The minimum Gasteiger partial charge on any atom is -0.497 e. The van der Waals surface area contributed by atoms with Crippen molar-refractivity contribution in [1.82, 2.24) is 4.90 Å². The Kier molecular flexibility index (Phi) is 4.74. The fraction of sp³-hybridized carbons (Fsp3) is 0.200. The second-order valence-corrected chi connectivity index (χ2v) is 6.47. The van der Waals surface area contributed by atoms with Crippen LogP contribution in [0.25, 0.3) is 0 Å². The minimum absolute atomic E-state index is 0.0809. The number of aliphatic carboxylic acids is 1. The summed E-state index contributed by atoms with van der Waals surface area (Å²) in [5.41, 5.74) is -0.0977. The van der Waals surface area contributed by atoms with Gasteiger partial charge in [0.15, 0.2) is 5.54 Å². The minimum atomic E-state index is -1.53. The molecule has 1 amide bonds. The van der Waals surface area contributed by atoms with Gasteiger partial charge in [-0.15, -0.1) is 6.58 Å². The maximum absolute atomic E-state index is 13.1. The number of methoxy groups -OCH3 is 1. The van der Waals surface area contributed by atoms with Gasteiger partial charge in [-0.3, -0.25) is 4.79 Å². The molecule has 0 saturated heterocycles. The molecule has 1 aliphatic rings. The van der Waals surface area contributed by atoms with Gasteiger partial charge in [-0.25, -0.2) is 4.79 Å². The molecule has 3 rings (SSSR count). The molecule has 134 valence electrons. The molecule has 0 radical (unpaired) electrons. The number of hydrogen-bond acceptors (Lipinski definition) is 3. The standard InChI is InChI=1S/C20H18ClNO4/c1-3-11-20(19(24)25)15-5-4-6-16(21)17(15)18(23)22(20)12-13-7-9-14(26-2)10-8-13/h3-10H,1,11-12H2,2H3,(H,24,25). The molecule has 0 spiro atoms. The summed E-state index contributed by atoms with van der Waals surface area (Å²) in [7, 11) is 1.57. The van der Waals surface area contributed by atoms with E-state index in [1.165, 1.54) is 11.0 Å². The third-order valence-corrected chi connectivity index (χ3v) is 4.99. The van der Waals surface area contributed by atoms with Crippen molar-refractivity contribution in [3.63, 3.8) is 0 Å².